The molecule has 2 fully saturated rings. The van der Waals surface area contributed by atoms with E-state index in [-0.39, 0.29) is 0 Å². The van der Waals surface area contributed by atoms with Crippen molar-refractivity contribution < 1.29 is 0 Å². The highest BCUT2D eigenvalue weighted by Crippen LogP contribution is 2.43. The molecule has 2 saturated carbocycles. The van der Waals surface area contributed by atoms with E-state index in [0.717, 1.165) is 37.5 Å². The quantitative estimate of drug-likeness (QED) is 0.591. The van der Waals surface area contributed by atoms with Crippen molar-refractivity contribution >= 4 is 18.5 Å². The van der Waals surface area contributed by atoms with Crippen molar-refractivity contribution in [1.82, 2.24) is 0 Å². The third-order valence-corrected chi connectivity index (χ3v) is 3.74. The van der Waals surface area contributed by atoms with E-state index in [4.69, 9.17) is 5.26 Å². The number of hydrogen-bond donors (Lipinski definition) is 1. The van der Waals surface area contributed by atoms with E-state index in [0.29, 0.717) is 5.92 Å². The molecule has 0 spiro atoms. The number of fused-ring (bicyclic) bond motifs is 1. The van der Waals surface area contributed by atoms with Crippen LogP contribution < -0.4 is 0 Å². The predicted molar refractivity (Wildman–Crippen MR) is 55.6 cm³/mol. The fourth-order valence-electron chi connectivity index (χ4n) is 2.73. The van der Waals surface area contributed by atoms with Crippen LogP contribution in [0.1, 0.15) is 32.1 Å². The molecule has 0 aromatic heterocycles. The van der Waals surface area contributed by atoms with E-state index >= 15 is 0 Å². The van der Waals surface area contributed by atoms with Crippen molar-refractivity contribution in [3.63, 3.8) is 0 Å². The molecule has 2 rings (SSSR count). The lowest BCUT2D eigenvalue weighted by Gasteiger charge is -2.27. The molecule has 3 heteroatoms. The second-order valence-corrected chi connectivity index (χ2v) is 4.43. The molecule has 3 atom stereocenters. The Balaban J connectivity index is 2.02. The van der Waals surface area contributed by atoms with Gasteiger partial charge in [-0.05, 0) is 56.8 Å². The summed E-state index contributed by atoms with van der Waals surface area (Å²) in [7, 11) is 0. The minimum Gasteiger partial charge on any atom is -0.229 e. The average molecular weight is 194 g/mol. The summed E-state index contributed by atoms with van der Waals surface area (Å²) < 4.78 is 3.99. The van der Waals surface area contributed by atoms with Gasteiger partial charge in [0.25, 0.3) is 0 Å². The normalized spacial score (nSPS) is 41.5. The van der Waals surface area contributed by atoms with Crippen LogP contribution >= 0.6 is 12.8 Å². The number of rotatable bonds is 0. The molecule has 3 unspecified atom stereocenters. The summed E-state index contributed by atoms with van der Waals surface area (Å²) in [6, 6.07) is 2.39. The summed E-state index contributed by atoms with van der Waals surface area (Å²) in [5.41, 5.74) is 1.25. The zero-order chi connectivity index (χ0) is 9.26. The highest BCUT2D eigenvalue weighted by atomic mass is 32.1. The molecular formula is C10H14N2S. The molecule has 0 aliphatic heterocycles. The van der Waals surface area contributed by atoms with Crippen LogP contribution in [0.3, 0.4) is 0 Å². The molecule has 2 nitrogen and oxygen atoms in total. The van der Waals surface area contributed by atoms with Gasteiger partial charge in [-0.25, -0.2) is 4.40 Å². The molecule has 2 aliphatic carbocycles. The standard InChI is InChI=1S/C10H14N2S/c11-6-7-1-2-8-4-10(12-13)5-9(8)3-7/h7-9,13H,1-5H2. The summed E-state index contributed by atoms with van der Waals surface area (Å²) in [5.74, 6) is 1.83. The van der Waals surface area contributed by atoms with Crippen LogP contribution in [0, 0.1) is 29.1 Å². The number of nitriles is 1. The monoisotopic (exact) mass is 194 g/mol. The molecule has 0 bridgehead atoms. The topological polar surface area (TPSA) is 36.1 Å². The van der Waals surface area contributed by atoms with E-state index in [2.05, 4.69) is 23.3 Å². The summed E-state index contributed by atoms with van der Waals surface area (Å²) in [5, 5.41) is 8.84. The molecule has 0 aromatic rings. The number of nitrogens with zero attached hydrogens (tertiary/aromatic N) is 2. The lowest BCUT2D eigenvalue weighted by Crippen LogP contribution is -2.19. The molecule has 70 valence electrons. The SMILES string of the molecule is N#CC1CCC2CC(=NS)CC2C1. The second kappa shape index (κ2) is 3.71. The Morgan fingerprint density at radius 1 is 1.31 bits per heavy atom. The first-order chi connectivity index (χ1) is 6.33. The molecule has 0 saturated heterocycles. The van der Waals surface area contributed by atoms with Crippen molar-refractivity contribution in [1.29, 1.82) is 5.26 Å². The highest BCUT2D eigenvalue weighted by Gasteiger charge is 2.36. The van der Waals surface area contributed by atoms with Crippen LogP contribution in [0.5, 0.6) is 0 Å². The van der Waals surface area contributed by atoms with E-state index < -0.39 is 0 Å². The zero-order valence-electron chi connectivity index (χ0n) is 7.61. The highest BCUT2D eigenvalue weighted by molar-refractivity contribution is 7.79. The van der Waals surface area contributed by atoms with E-state index in [1.165, 1.54) is 12.1 Å². The van der Waals surface area contributed by atoms with Gasteiger partial charge in [-0.2, -0.15) is 5.26 Å². The number of thiol groups is 1. The molecule has 0 N–H and O–H groups in total. The molecular weight excluding hydrogens is 180 g/mol. The maximum atomic E-state index is 8.84. The first-order valence-corrected chi connectivity index (χ1v) is 5.33. The van der Waals surface area contributed by atoms with Crippen LogP contribution in [0.4, 0.5) is 0 Å². The average Bonchev–Trinajstić information content (AvgIpc) is 2.58. The number of hydrogen-bond acceptors (Lipinski definition) is 3. The fraction of sp³-hybridized carbons (Fsp3) is 0.800. The molecule has 0 heterocycles. The van der Waals surface area contributed by atoms with Gasteiger partial charge in [0, 0.05) is 11.6 Å². The van der Waals surface area contributed by atoms with Crippen molar-refractivity contribution in [2.75, 3.05) is 0 Å². The van der Waals surface area contributed by atoms with E-state index in [9.17, 15) is 0 Å². The van der Waals surface area contributed by atoms with Crippen molar-refractivity contribution in [2.45, 2.75) is 32.1 Å². The van der Waals surface area contributed by atoms with Gasteiger partial charge in [0.2, 0.25) is 0 Å². The third-order valence-electron chi connectivity index (χ3n) is 3.46. The van der Waals surface area contributed by atoms with Gasteiger partial charge in [0.1, 0.15) is 0 Å². The Morgan fingerprint density at radius 2 is 2.08 bits per heavy atom. The molecule has 0 amide bonds. The maximum absolute atomic E-state index is 8.84. The molecule has 0 aromatic carbocycles. The van der Waals surface area contributed by atoms with Gasteiger partial charge in [0.15, 0.2) is 0 Å². The summed E-state index contributed by atoms with van der Waals surface area (Å²) in [4.78, 5) is 0. The van der Waals surface area contributed by atoms with Crippen LogP contribution in [-0.2, 0) is 0 Å². The summed E-state index contributed by atoms with van der Waals surface area (Å²) in [6.45, 7) is 0. The van der Waals surface area contributed by atoms with E-state index in [1.54, 1.807) is 0 Å². The summed E-state index contributed by atoms with van der Waals surface area (Å²) >= 11 is 3.96. The van der Waals surface area contributed by atoms with Crippen LogP contribution in [0.15, 0.2) is 4.40 Å². The van der Waals surface area contributed by atoms with Gasteiger partial charge in [-0.15, -0.1) is 0 Å². The van der Waals surface area contributed by atoms with Crippen molar-refractivity contribution in [3.8, 4) is 6.07 Å². The zero-order valence-corrected chi connectivity index (χ0v) is 8.50. The van der Waals surface area contributed by atoms with Crippen LogP contribution in [-0.4, -0.2) is 5.71 Å². The van der Waals surface area contributed by atoms with Crippen LogP contribution in [0.2, 0.25) is 0 Å². The second-order valence-electron chi connectivity index (χ2n) is 4.23. The first kappa shape index (κ1) is 9.08. The Hall–Kier alpha value is -0.490. The first-order valence-electron chi connectivity index (χ1n) is 4.93. The maximum Gasteiger partial charge on any atom is 0.0655 e. The Morgan fingerprint density at radius 3 is 2.77 bits per heavy atom. The molecule has 0 radical (unpaired) electrons. The lowest BCUT2D eigenvalue weighted by atomic mass is 9.76. The Labute approximate surface area is 84.6 Å². The van der Waals surface area contributed by atoms with Crippen LogP contribution in [0.25, 0.3) is 0 Å². The van der Waals surface area contributed by atoms with E-state index in [1.807, 2.05) is 0 Å². The van der Waals surface area contributed by atoms with Crippen molar-refractivity contribution in [2.24, 2.45) is 22.2 Å². The lowest BCUT2D eigenvalue weighted by molar-refractivity contribution is 0.240. The van der Waals surface area contributed by atoms with Gasteiger partial charge in [-0.3, -0.25) is 0 Å². The molecule has 2 aliphatic rings. The smallest absolute Gasteiger partial charge is 0.0655 e. The van der Waals surface area contributed by atoms with Gasteiger partial charge in [-0.1, -0.05) is 0 Å². The Bertz CT molecular complexity index is 267. The minimum atomic E-state index is 0.306. The van der Waals surface area contributed by atoms with Crippen molar-refractivity contribution in [3.05, 3.63) is 0 Å². The predicted octanol–water partition coefficient (Wildman–Crippen LogP) is 2.62. The largest absolute Gasteiger partial charge is 0.229 e. The van der Waals surface area contributed by atoms with Gasteiger partial charge >= 0.3 is 0 Å². The van der Waals surface area contributed by atoms with Gasteiger partial charge in [0.05, 0.1) is 6.07 Å². The van der Waals surface area contributed by atoms with Gasteiger partial charge < -0.3 is 0 Å². The summed E-state index contributed by atoms with van der Waals surface area (Å²) in [6.07, 6.45) is 5.62. The Kier molecular flexibility index (Phi) is 2.59. The third kappa shape index (κ3) is 1.73. The molecule has 13 heavy (non-hydrogen) atoms. The fourth-order valence-corrected chi connectivity index (χ4v) is 2.90. The minimum absolute atomic E-state index is 0.306.